The van der Waals surface area contributed by atoms with E-state index in [4.69, 9.17) is 4.74 Å². The fraction of sp³-hybridized carbons (Fsp3) is 0.190. The van der Waals surface area contributed by atoms with Gasteiger partial charge in [-0.3, -0.25) is 15.1 Å². The molecule has 1 amide bonds. The van der Waals surface area contributed by atoms with Crippen molar-refractivity contribution in [1.82, 2.24) is 10.3 Å². The summed E-state index contributed by atoms with van der Waals surface area (Å²) >= 11 is 1.29. The number of nitrogens with zero attached hydrogens (tertiary/aromatic N) is 1. The van der Waals surface area contributed by atoms with Crippen LogP contribution < -0.4 is 10.6 Å². The Hall–Kier alpha value is -3.03. The number of rotatable bonds is 8. The second kappa shape index (κ2) is 9.77. The molecule has 7 heteroatoms. The number of hydrogen-bond acceptors (Lipinski definition) is 6. The van der Waals surface area contributed by atoms with E-state index >= 15 is 0 Å². The Morgan fingerprint density at radius 3 is 2.61 bits per heavy atom. The second-order valence-electron chi connectivity index (χ2n) is 5.91. The largest absolute Gasteiger partial charge is 0.462 e. The molecule has 2 aromatic heterocycles. The van der Waals surface area contributed by atoms with Crippen molar-refractivity contribution in [1.29, 1.82) is 0 Å². The maximum Gasteiger partial charge on any atom is 0.341 e. The van der Waals surface area contributed by atoms with Crippen molar-refractivity contribution in [3.63, 3.8) is 0 Å². The zero-order valence-corrected chi connectivity index (χ0v) is 16.2. The molecule has 1 aromatic carbocycles. The topological polar surface area (TPSA) is 80.3 Å². The molecular weight excluding hydrogens is 374 g/mol. The summed E-state index contributed by atoms with van der Waals surface area (Å²) in [7, 11) is 0. The number of esters is 1. The number of carbonyl (C=O) groups is 2. The molecule has 0 saturated heterocycles. The lowest BCUT2D eigenvalue weighted by Gasteiger charge is -2.18. The minimum atomic E-state index is -0.442. The van der Waals surface area contributed by atoms with Crippen molar-refractivity contribution in [3.8, 4) is 0 Å². The van der Waals surface area contributed by atoms with E-state index in [9.17, 15) is 9.59 Å². The van der Waals surface area contributed by atoms with Gasteiger partial charge in [-0.1, -0.05) is 36.4 Å². The molecule has 0 aliphatic carbocycles. The predicted molar refractivity (Wildman–Crippen MR) is 109 cm³/mol. The molecule has 1 unspecified atom stereocenters. The first kappa shape index (κ1) is 19.7. The highest BCUT2D eigenvalue weighted by molar-refractivity contribution is 7.14. The number of nitrogens with one attached hydrogen (secondary N) is 2. The van der Waals surface area contributed by atoms with Crippen molar-refractivity contribution in [2.75, 3.05) is 18.5 Å². The van der Waals surface area contributed by atoms with Gasteiger partial charge in [0.2, 0.25) is 5.91 Å². The van der Waals surface area contributed by atoms with Gasteiger partial charge in [0, 0.05) is 6.20 Å². The normalized spacial score (nSPS) is 11.6. The fourth-order valence-corrected chi connectivity index (χ4v) is 3.52. The molecule has 0 aliphatic heterocycles. The lowest BCUT2D eigenvalue weighted by Crippen LogP contribution is -2.32. The molecule has 2 heterocycles. The number of pyridine rings is 1. The standard InChI is InChI=1S/C21H21N3O3S/c1-2-27-21(26)16-11-13-28-20(16)24-18(25)14-23-19(15-8-4-3-5-9-15)17-10-6-7-12-22-17/h3-13,19,23H,2,14H2,1H3,(H,24,25). The van der Waals surface area contributed by atoms with Crippen molar-refractivity contribution < 1.29 is 14.3 Å². The number of anilines is 1. The number of ether oxygens (including phenoxy) is 1. The van der Waals surface area contributed by atoms with Crippen LogP contribution in [0.15, 0.2) is 66.2 Å². The summed E-state index contributed by atoms with van der Waals surface area (Å²) in [6.07, 6.45) is 1.73. The fourth-order valence-electron chi connectivity index (χ4n) is 2.73. The number of amides is 1. The van der Waals surface area contributed by atoms with Crippen LogP contribution in [0.3, 0.4) is 0 Å². The predicted octanol–water partition coefficient (Wildman–Crippen LogP) is 3.64. The van der Waals surface area contributed by atoms with E-state index in [0.29, 0.717) is 10.6 Å². The summed E-state index contributed by atoms with van der Waals surface area (Å²) in [5.74, 6) is -0.687. The van der Waals surface area contributed by atoms with Crippen molar-refractivity contribution in [2.45, 2.75) is 13.0 Å². The van der Waals surface area contributed by atoms with Crippen molar-refractivity contribution in [3.05, 3.63) is 83.0 Å². The molecule has 0 bridgehead atoms. The molecule has 144 valence electrons. The Bertz CT molecular complexity index is 873. The molecule has 3 aromatic rings. The maximum atomic E-state index is 12.5. The van der Waals surface area contributed by atoms with Crippen LogP contribution in [0.4, 0.5) is 5.00 Å². The lowest BCUT2D eigenvalue weighted by atomic mass is 10.0. The van der Waals surface area contributed by atoms with Crippen LogP contribution in [0.1, 0.15) is 34.6 Å². The number of aromatic nitrogens is 1. The Kier molecular flexibility index (Phi) is 6.89. The molecule has 2 N–H and O–H groups in total. The first-order chi connectivity index (χ1) is 13.7. The number of thiophene rings is 1. The molecule has 1 atom stereocenters. The molecule has 0 spiro atoms. The van der Waals surface area contributed by atoms with Gasteiger partial charge in [0.25, 0.3) is 0 Å². The van der Waals surface area contributed by atoms with Gasteiger partial charge in [0.05, 0.1) is 30.5 Å². The van der Waals surface area contributed by atoms with E-state index in [1.807, 2.05) is 48.5 Å². The van der Waals surface area contributed by atoms with Crippen LogP contribution in [0, 0.1) is 0 Å². The van der Waals surface area contributed by atoms with Gasteiger partial charge in [0.15, 0.2) is 0 Å². The average molecular weight is 395 g/mol. The Labute approximate surface area is 167 Å². The molecule has 0 radical (unpaired) electrons. The molecular formula is C21H21N3O3S. The summed E-state index contributed by atoms with van der Waals surface area (Å²) in [5.41, 5.74) is 2.20. The molecule has 0 aliphatic rings. The monoisotopic (exact) mass is 395 g/mol. The first-order valence-corrected chi connectivity index (χ1v) is 9.80. The summed E-state index contributed by atoms with van der Waals surface area (Å²) in [5, 5.41) is 8.27. The van der Waals surface area contributed by atoms with Crippen LogP contribution in [-0.4, -0.2) is 30.0 Å². The van der Waals surface area contributed by atoms with Gasteiger partial charge in [-0.05, 0) is 36.1 Å². The van der Waals surface area contributed by atoms with E-state index in [0.717, 1.165) is 11.3 Å². The number of hydrogen-bond donors (Lipinski definition) is 2. The van der Waals surface area contributed by atoms with E-state index in [1.54, 1.807) is 24.6 Å². The second-order valence-corrected chi connectivity index (χ2v) is 6.83. The summed E-state index contributed by atoms with van der Waals surface area (Å²) in [4.78, 5) is 28.8. The van der Waals surface area contributed by atoms with E-state index < -0.39 is 5.97 Å². The Morgan fingerprint density at radius 1 is 1.11 bits per heavy atom. The highest BCUT2D eigenvalue weighted by Crippen LogP contribution is 2.24. The molecule has 6 nitrogen and oxygen atoms in total. The van der Waals surface area contributed by atoms with Crippen LogP contribution in [0.2, 0.25) is 0 Å². The van der Waals surface area contributed by atoms with Gasteiger partial charge in [-0.25, -0.2) is 4.79 Å². The zero-order chi connectivity index (χ0) is 19.8. The van der Waals surface area contributed by atoms with Gasteiger partial charge >= 0.3 is 5.97 Å². The van der Waals surface area contributed by atoms with Gasteiger partial charge < -0.3 is 10.1 Å². The Balaban J connectivity index is 1.68. The summed E-state index contributed by atoms with van der Waals surface area (Å²) in [6.45, 7) is 2.09. The highest BCUT2D eigenvalue weighted by atomic mass is 32.1. The first-order valence-electron chi connectivity index (χ1n) is 8.92. The maximum absolute atomic E-state index is 12.5. The van der Waals surface area contributed by atoms with E-state index in [2.05, 4.69) is 15.6 Å². The lowest BCUT2D eigenvalue weighted by molar-refractivity contribution is -0.115. The van der Waals surface area contributed by atoms with Crippen molar-refractivity contribution >= 4 is 28.2 Å². The minimum Gasteiger partial charge on any atom is -0.462 e. The van der Waals surface area contributed by atoms with Crippen molar-refractivity contribution in [2.24, 2.45) is 0 Å². The number of carbonyl (C=O) groups excluding carboxylic acids is 2. The molecule has 0 saturated carbocycles. The van der Waals surface area contributed by atoms with Crippen LogP contribution in [0.5, 0.6) is 0 Å². The van der Waals surface area contributed by atoms with Crippen LogP contribution in [-0.2, 0) is 9.53 Å². The summed E-state index contributed by atoms with van der Waals surface area (Å²) < 4.78 is 5.01. The Morgan fingerprint density at radius 2 is 1.89 bits per heavy atom. The molecule has 3 rings (SSSR count). The zero-order valence-electron chi connectivity index (χ0n) is 15.4. The van der Waals surface area contributed by atoms with Crippen LogP contribution >= 0.6 is 11.3 Å². The third-order valence-electron chi connectivity index (χ3n) is 4.00. The summed E-state index contributed by atoms with van der Waals surface area (Å²) in [6, 6.07) is 16.9. The SMILES string of the molecule is CCOC(=O)c1ccsc1NC(=O)CNC(c1ccccc1)c1ccccn1. The average Bonchev–Trinajstić information content (AvgIpc) is 3.18. The number of benzene rings is 1. The minimum absolute atomic E-state index is 0.0658. The third-order valence-corrected chi connectivity index (χ3v) is 4.83. The van der Waals surface area contributed by atoms with E-state index in [-0.39, 0.29) is 25.1 Å². The quantitative estimate of drug-likeness (QED) is 0.569. The molecule has 28 heavy (non-hydrogen) atoms. The van der Waals surface area contributed by atoms with Gasteiger partial charge in [-0.15, -0.1) is 11.3 Å². The van der Waals surface area contributed by atoms with Gasteiger partial charge in [0.1, 0.15) is 5.00 Å². The highest BCUT2D eigenvalue weighted by Gasteiger charge is 2.18. The molecule has 0 fully saturated rings. The van der Waals surface area contributed by atoms with E-state index in [1.165, 1.54) is 11.3 Å². The third kappa shape index (κ3) is 5.03. The smallest absolute Gasteiger partial charge is 0.341 e. The van der Waals surface area contributed by atoms with Gasteiger partial charge in [-0.2, -0.15) is 0 Å². The van der Waals surface area contributed by atoms with Crippen LogP contribution in [0.25, 0.3) is 0 Å².